The summed E-state index contributed by atoms with van der Waals surface area (Å²) >= 11 is 0. The van der Waals surface area contributed by atoms with Crippen molar-refractivity contribution in [1.82, 2.24) is 5.32 Å². The first-order chi connectivity index (χ1) is 13.1. The topological polar surface area (TPSA) is 95.6 Å². The lowest BCUT2D eigenvalue weighted by Gasteiger charge is -2.25. The molecular weight excluding hydrogens is 340 g/mol. The van der Waals surface area contributed by atoms with E-state index < -0.39 is 18.1 Å². The van der Waals surface area contributed by atoms with Crippen molar-refractivity contribution in [2.24, 2.45) is 11.7 Å². The molecule has 27 heavy (non-hydrogen) atoms. The molecule has 0 spiro atoms. The van der Waals surface area contributed by atoms with Crippen LogP contribution in [0.15, 0.2) is 65.8 Å². The Morgan fingerprint density at radius 2 is 2.04 bits per heavy atom. The van der Waals surface area contributed by atoms with Gasteiger partial charge in [-0.15, -0.1) is 0 Å². The number of rotatable bonds is 7. The van der Waals surface area contributed by atoms with Crippen LogP contribution in [0.25, 0.3) is 0 Å². The quantitative estimate of drug-likeness (QED) is 0.588. The van der Waals surface area contributed by atoms with Gasteiger partial charge in [0.25, 0.3) is 0 Å². The van der Waals surface area contributed by atoms with Gasteiger partial charge in [-0.05, 0) is 36.0 Å². The molecule has 5 nitrogen and oxygen atoms in total. The highest BCUT2D eigenvalue weighted by molar-refractivity contribution is 5.80. The van der Waals surface area contributed by atoms with E-state index in [0.29, 0.717) is 19.3 Å². The molecule has 5 heteroatoms. The molecule has 4 atom stereocenters. The molecule has 5 N–H and O–H groups in total. The Balaban J connectivity index is 1.74. The summed E-state index contributed by atoms with van der Waals surface area (Å²) in [5.74, 6) is -0.555. The fourth-order valence-corrected chi connectivity index (χ4v) is 3.85. The van der Waals surface area contributed by atoms with Crippen LogP contribution >= 0.6 is 0 Å². The van der Waals surface area contributed by atoms with Crippen molar-refractivity contribution >= 4 is 5.91 Å². The maximum atomic E-state index is 13.0. The van der Waals surface area contributed by atoms with Gasteiger partial charge in [0.2, 0.25) is 5.91 Å². The van der Waals surface area contributed by atoms with Crippen LogP contribution in [0.4, 0.5) is 0 Å². The van der Waals surface area contributed by atoms with Crippen molar-refractivity contribution in [1.29, 1.82) is 0 Å². The fourth-order valence-electron chi connectivity index (χ4n) is 3.85. The molecule has 0 heterocycles. The van der Waals surface area contributed by atoms with Crippen LogP contribution in [-0.4, -0.2) is 40.9 Å². The molecule has 0 saturated carbocycles. The highest BCUT2D eigenvalue weighted by Crippen LogP contribution is 2.32. The third-order valence-electron chi connectivity index (χ3n) is 5.31. The number of hydrogen-bond acceptors (Lipinski definition) is 4. The molecule has 0 radical (unpaired) electrons. The van der Waals surface area contributed by atoms with Crippen molar-refractivity contribution in [3.05, 3.63) is 71.3 Å². The van der Waals surface area contributed by atoms with E-state index in [0.717, 1.165) is 23.1 Å². The second-order valence-electron chi connectivity index (χ2n) is 7.31. The third kappa shape index (κ3) is 4.95. The molecule has 1 aromatic rings. The second-order valence-corrected chi connectivity index (χ2v) is 7.31. The number of benzene rings is 1. The molecule has 3 rings (SSSR count). The van der Waals surface area contributed by atoms with Gasteiger partial charge in [-0.1, -0.05) is 54.6 Å². The van der Waals surface area contributed by atoms with Gasteiger partial charge in [0.1, 0.15) is 0 Å². The normalized spacial score (nSPS) is 23.7. The maximum Gasteiger partial charge on any atom is 0.224 e. The smallest absolute Gasteiger partial charge is 0.224 e. The average molecular weight is 368 g/mol. The van der Waals surface area contributed by atoms with Crippen molar-refractivity contribution in [2.45, 2.75) is 43.9 Å². The average Bonchev–Trinajstić information content (AvgIpc) is 2.83. The number of nitrogens with two attached hydrogens (primary N) is 1. The van der Waals surface area contributed by atoms with Crippen molar-refractivity contribution in [3.63, 3.8) is 0 Å². The van der Waals surface area contributed by atoms with Crippen LogP contribution in [0.3, 0.4) is 0 Å². The zero-order valence-electron chi connectivity index (χ0n) is 15.4. The lowest BCUT2D eigenvalue weighted by atomic mass is 9.92. The van der Waals surface area contributed by atoms with Gasteiger partial charge in [0.15, 0.2) is 0 Å². The van der Waals surface area contributed by atoms with Crippen LogP contribution in [0.5, 0.6) is 0 Å². The Hall–Kier alpha value is -2.21. The van der Waals surface area contributed by atoms with Crippen LogP contribution in [0.1, 0.15) is 24.8 Å². The first-order valence-corrected chi connectivity index (χ1v) is 9.54. The standard InChI is InChI=1S/C22H28N2O3/c23-14-18(25)12-17(11-15-7-3-1-4-8-15)22(27)24-21-19-10-6-2-5-9-16(19)13-20(21)26/h1-9,17-18,20-21,25-26H,10-14,23H2,(H,24,27). The number of hydrogen-bond donors (Lipinski definition) is 4. The minimum absolute atomic E-state index is 0.121. The fraction of sp³-hybridized carbons (Fsp3) is 0.409. The predicted molar refractivity (Wildman–Crippen MR) is 106 cm³/mol. The lowest BCUT2D eigenvalue weighted by molar-refractivity contribution is -0.127. The number of amides is 1. The lowest BCUT2D eigenvalue weighted by Crippen LogP contribution is -2.46. The van der Waals surface area contributed by atoms with Gasteiger partial charge in [-0.25, -0.2) is 0 Å². The summed E-state index contributed by atoms with van der Waals surface area (Å²) in [6, 6.07) is 9.37. The molecular formula is C22H28N2O3. The summed E-state index contributed by atoms with van der Waals surface area (Å²) in [6.07, 6.45) is 8.75. The Morgan fingerprint density at radius 3 is 2.78 bits per heavy atom. The van der Waals surface area contributed by atoms with E-state index in [4.69, 9.17) is 5.73 Å². The molecule has 1 aromatic carbocycles. The first-order valence-electron chi connectivity index (χ1n) is 9.54. The van der Waals surface area contributed by atoms with E-state index in [9.17, 15) is 15.0 Å². The van der Waals surface area contributed by atoms with Gasteiger partial charge in [0, 0.05) is 18.9 Å². The van der Waals surface area contributed by atoms with Crippen LogP contribution in [0, 0.1) is 5.92 Å². The van der Waals surface area contributed by atoms with Crippen LogP contribution in [-0.2, 0) is 11.2 Å². The molecule has 144 valence electrons. The Morgan fingerprint density at radius 1 is 1.26 bits per heavy atom. The number of nitrogens with one attached hydrogen (secondary N) is 1. The molecule has 4 unspecified atom stereocenters. The Kier molecular flexibility index (Phi) is 6.61. The monoisotopic (exact) mass is 368 g/mol. The molecule has 2 aliphatic rings. The summed E-state index contributed by atoms with van der Waals surface area (Å²) < 4.78 is 0. The summed E-state index contributed by atoms with van der Waals surface area (Å²) in [5.41, 5.74) is 8.76. The molecule has 0 aliphatic heterocycles. The van der Waals surface area contributed by atoms with Gasteiger partial charge < -0.3 is 21.3 Å². The molecule has 0 aromatic heterocycles. The third-order valence-corrected chi connectivity index (χ3v) is 5.31. The maximum absolute atomic E-state index is 13.0. The molecule has 0 fully saturated rings. The van der Waals surface area contributed by atoms with E-state index in [1.807, 2.05) is 54.6 Å². The Bertz CT molecular complexity index is 739. The number of aliphatic hydroxyl groups is 2. The highest BCUT2D eigenvalue weighted by atomic mass is 16.3. The Labute approximate surface area is 160 Å². The van der Waals surface area contributed by atoms with Gasteiger partial charge in [-0.2, -0.15) is 0 Å². The van der Waals surface area contributed by atoms with Crippen molar-refractivity contribution in [2.75, 3.05) is 6.54 Å². The summed E-state index contributed by atoms with van der Waals surface area (Å²) in [4.78, 5) is 13.0. The predicted octanol–water partition coefficient (Wildman–Crippen LogP) is 1.62. The van der Waals surface area contributed by atoms with E-state index in [1.54, 1.807) is 0 Å². The summed E-state index contributed by atoms with van der Waals surface area (Å²) in [7, 11) is 0. The van der Waals surface area contributed by atoms with Gasteiger partial charge >= 0.3 is 0 Å². The number of carbonyl (C=O) groups excluding carboxylic acids is 1. The minimum atomic E-state index is -0.725. The molecule has 0 saturated heterocycles. The number of allylic oxidation sites excluding steroid dienone is 4. The molecule has 0 bridgehead atoms. The van der Waals surface area contributed by atoms with Crippen molar-refractivity contribution in [3.8, 4) is 0 Å². The first kappa shape index (κ1) is 19.5. The van der Waals surface area contributed by atoms with Crippen LogP contribution < -0.4 is 11.1 Å². The zero-order valence-corrected chi connectivity index (χ0v) is 15.4. The molecule has 2 aliphatic carbocycles. The number of aliphatic hydroxyl groups excluding tert-OH is 2. The van der Waals surface area contributed by atoms with E-state index in [1.165, 1.54) is 0 Å². The zero-order chi connectivity index (χ0) is 19.2. The minimum Gasteiger partial charge on any atom is -0.392 e. The number of carbonyl (C=O) groups is 1. The highest BCUT2D eigenvalue weighted by Gasteiger charge is 2.35. The van der Waals surface area contributed by atoms with Gasteiger partial charge in [0.05, 0.1) is 18.2 Å². The van der Waals surface area contributed by atoms with Gasteiger partial charge in [-0.3, -0.25) is 4.79 Å². The SMILES string of the molecule is NCC(O)CC(Cc1ccccc1)C(=O)NC1C2=C(C=CC=CC2)CC1O. The van der Waals surface area contributed by atoms with E-state index >= 15 is 0 Å². The largest absolute Gasteiger partial charge is 0.392 e. The van der Waals surface area contributed by atoms with E-state index in [-0.39, 0.29) is 18.5 Å². The second kappa shape index (κ2) is 9.13. The van der Waals surface area contributed by atoms with Crippen molar-refractivity contribution < 1.29 is 15.0 Å². The van der Waals surface area contributed by atoms with Crippen LogP contribution in [0.2, 0.25) is 0 Å². The summed E-state index contributed by atoms with van der Waals surface area (Å²) in [6.45, 7) is 0.121. The molecule has 1 amide bonds. The summed E-state index contributed by atoms with van der Waals surface area (Å²) in [5, 5.41) is 23.5. The van der Waals surface area contributed by atoms with E-state index in [2.05, 4.69) is 5.32 Å².